The van der Waals surface area contributed by atoms with E-state index >= 15 is 0 Å². The van der Waals surface area contributed by atoms with Crippen LogP contribution in [0.2, 0.25) is 5.02 Å². The molecule has 0 radical (unpaired) electrons. The highest BCUT2D eigenvalue weighted by Gasteiger charge is 2.44. The van der Waals surface area contributed by atoms with Crippen molar-refractivity contribution in [3.63, 3.8) is 0 Å². The standard InChI is InChI=1S/C23H27ClN2O5/c24-16-5-6-17-15(9-14-3-1-13(2-4-14)7-8-25)11-26(18(17)10-16)23-22(30)21(29)20(28)19(12-27)31-23/h1-6,10-11,19-23,27-30H,7-9,12,25H2/t19-,20-,21+,22-,23-/m1/s1. The first-order chi connectivity index (χ1) is 14.9. The summed E-state index contributed by atoms with van der Waals surface area (Å²) in [5.74, 6) is 0. The van der Waals surface area contributed by atoms with Gasteiger partial charge in [-0.25, -0.2) is 0 Å². The Morgan fingerprint density at radius 2 is 1.68 bits per heavy atom. The molecule has 6 N–H and O–H groups in total. The third-order valence-corrected chi connectivity index (χ3v) is 6.11. The summed E-state index contributed by atoms with van der Waals surface area (Å²) >= 11 is 6.23. The molecule has 4 rings (SSSR count). The minimum absolute atomic E-state index is 0.483. The maximum atomic E-state index is 10.6. The largest absolute Gasteiger partial charge is 0.394 e. The molecule has 1 aliphatic rings. The molecule has 2 aromatic carbocycles. The zero-order valence-electron chi connectivity index (χ0n) is 16.9. The van der Waals surface area contributed by atoms with Crippen LogP contribution < -0.4 is 5.73 Å². The third kappa shape index (κ3) is 4.36. The van der Waals surface area contributed by atoms with Gasteiger partial charge in [-0.1, -0.05) is 41.9 Å². The summed E-state index contributed by atoms with van der Waals surface area (Å²) in [5, 5.41) is 41.9. The van der Waals surface area contributed by atoms with Gasteiger partial charge in [-0.15, -0.1) is 0 Å². The molecule has 31 heavy (non-hydrogen) atoms. The summed E-state index contributed by atoms with van der Waals surface area (Å²) in [6.07, 6.45) is -2.88. The Morgan fingerprint density at radius 1 is 0.968 bits per heavy atom. The summed E-state index contributed by atoms with van der Waals surface area (Å²) in [5.41, 5.74) is 9.65. The number of aliphatic hydroxyl groups is 4. The van der Waals surface area contributed by atoms with Crippen LogP contribution in [0.3, 0.4) is 0 Å². The minimum atomic E-state index is -1.45. The molecular weight excluding hydrogens is 420 g/mol. The summed E-state index contributed by atoms with van der Waals surface area (Å²) < 4.78 is 7.48. The van der Waals surface area contributed by atoms with Crippen LogP contribution in [-0.2, 0) is 17.6 Å². The van der Waals surface area contributed by atoms with Gasteiger partial charge in [0, 0.05) is 16.6 Å². The minimum Gasteiger partial charge on any atom is -0.394 e. The van der Waals surface area contributed by atoms with Crippen molar-refractivity contribution in [1.29, 1.82) is 0 Å². The normalized spacial score (nSPS) is 26.5. The molecule has 0 aliphatic carbocycles. The lowest BCUT2D eigenvalue weighted by atomic mass is 9.98. The van der Waals surface area contributed by atoms with Crippen LogP contribution in [0.4, 0.5) is 0 Å². The number of benzene rings is 2. The molecule has 1 fully saturated rings. The van der Waals surface area contributed by atoms with E-state index in [4.69, 9.17) is 22.1 Å². The number of halogens is 1. The first-order valence-corrected chi connectivity index (χ1v) is 10.7. The molecule has 0 saturated carbocycles. The van der Waals surface area contributed by atoms with Crippen molar-refractivity contribution in [2.45, 2.75) is 43.5 Å². The van der Waals surface area contributed by atoms with Gasteiger partial charge < -0.3 is 35.5 Å². The number of fused-ring (bicyclic) bond motifs is 1. The fourth-order valence-corrected chi connectivity index (χ4v) is 4.34. The zero-order chi connectivity index (χ0) is 22.1. The number of rotatable bonds is 6. The summed E-state index contributed by atoms with van der Waals surface area (Å²) in [6, 6.07) is 13.7. The number of nitrogens with zero attached hydrogens (tertiary/aromatic N) is 1. The van der Waals surface area contributed by atoms with Gasteiger partial charge >= 0.3 is 0 Å². The Kier molecular flexibility index (Phi) is 6.64. The van der Waals surface area contributed by atoms with E-state index in [9.17, 15) is 20.4 Å². The molecule has 166 valence electrons. The van der Waals surface area contributed by atoms with Crippen molar-refractivity contribution in [3.8, 4) is 0 Å². The first kappa shape index (κ1) is 22.2. The lowest BCUT2D eigenvalue weighted by Crippen LogP contribution is -2.56. The van der Waals surface area contributed by atoms with Gasteiger partial charge in [-0.2, -0.15) is 0 Å². The lowest BCUT2D eigenvalue weighted by molar-refractivity contribution is -0.250. The molecule has 0 unspecified atom stereocenters. The molecule has 3 aromatic rings. The highest BCUT2D eigenvalue weighted by molar-refractivity contribution is 6.31. The van der Waals surface area contributed by atoms with Gasteiger partial charge in [-0.05, 0) is 48.2 Å². The van der Waals surface area contributed by atoms with Gasteiger partial charge in [0.25, 0.3) is 0 Å². The number of aromatic nitrogens is 1. The summed E-state index contributed by atoms with van der Waals surface area (Å²) in [6.45, 7) is 0.121. The van der Waals surface area contributed by atoms with Crippen LogP contribution in [0.25, 0.3) is 10.9 Å². The van der Waals surface area contributed by atoms with E-state index in [1.165, 1.54) is 5.56 Å². The maximum absolute atomic E-state index is 10.6. The van der Waals surface area contributed by atoms with E-state index in [1.54, 1.807) is 16.7 Å². The molecular formula is C23H27ClN2O5. The van der Waals surface area contributed by atoms with Gasteiger partial charge in [0.2, 0.25) is 0 Å². The quantitative estimate of drug-likeness (QED) is 0.390. The van der Waals surface area contributed by atoms with Crippen molar-refractivity contribution in [2.75, 3.05) is 13.2 Å². The zero-order valence-corrected chi connectivity index (χ0v) is 17.7. The van der Waals surface area contributed by atoms with Gasteiger partial charge in [-0.3, -0.25) is 0 Å². The predicted molar refractivity (Wildman–Crippen MR) is 118 cm³/mol. The van der Waals surface area contributed by atoms with Crippen molar-refractivity contribution in [2.24, 2.45) is 5.73 Å². The second-order valence-corrected chi connectivity index (χ2v) is 8.41. The smallest absolute Gasteiger partial charge is 0.163 e. The molecule has 8 heteroatoms. The molecule has 5 atom stereocenters. The maximum Gasteiger partial charge on any atom is 0.163 e. The van der Waals surface area contributed by atoms with Gasteiger partial charge in [0.1, 0.15) is 24.4 Å². The Labute approximate surface area is 185 Å². The number of nitrogens with two attached hydrogens (primary N) is 1. The third-order valence-electron chi connectivity index (χ3n) is 5.87. The highest BCUT2D eigenvalue weighted by atomic mass is 35.5. The number of ether oxygens (including phenoxy) is 1. The van der Waals surface area contributed by atoms with Crippen molar-refractivity contribution < 1.29 is 25.2 Å². The first-order valence-electron chi connectivity index (χ1n) is 10.3. The van der Waals surface area contributed by atoms with E-state index in [2.05, 4.69) is 24.3 Å². The topological polar surface area (TPSA) is 121 Å². The number of hydrogen-bond donors (Lipinski definition) is 5. The molecule has 0 bridgehead atoms. The average Bonchev–Trinajstić information content (AvgIpc) is 3.11. The van der Waals surface area contributed by atoms with E-state index < -0.39 is 37.3 Å². The molecule has 1 saturated heterocycles. The van der Waals surface area contributed by atoms with Crippen LogP contribution >= 0.6 is 11.6 Å². The Morgan fingerprint density at radius 3 is 2.35 bits per heavy atom. The van der Waals surface area contributed by atoms with Crippen molar-refractivity contribution in [3.05, 3.63) is 70.4 Å². The Hall–Kier alpha value is -1.97. The summed E-state index contributed by atoms with van der Waals surface area (Å²) in [4.78, 5) is 0. The average molecular weight is 447 g/mol. The van der Waals surface area contributed by atoms with E-state index in [1.807, 2.05) is 12.3 Å². The Balaban J connectivity index is 1.72. The van der Waals surface area contributed by atoms with Crippen LogP contribution in [0, 0.1) is 0 Å². The molecule has 0 spiro atoms. The van der Waals surface area contributed by atoms with Crippen LogP contribution in [0.5, 0.6) is 0 Å². The molecule has 1 aliphatic heterocycles. The molecule has 2 heterocycles. The van der Waals surface area contributed by atoms with E-state index in [-0.39, 0.29) is 0 Å². The fraction of sp³-hybridized carbons (Fsp3) is 0.391. The van der Waals surface area contributed by atoms with E-state index in [0.29, 0.717) is 18.0 Å². The second kappa shape index (κ2) is 9.26. The van der Waals surface area contributed by atoms with Crippen LogP contribution in [0.1, 0.15) is 22.9 Å². The van der Waals surface area contributed by atoms with Gasteiger partial charge in [0.15, 0.2) is 6.23 Å². The number of hydrogen-bond acceptors (Lipinski definition) is 6. The van der Waals surface area contributed by atoms with Crippen molar-refractivity contribution in [1.82, 2.24) is 4.57 Å². The molecule has 7 nitrogen and oxygen atoms in total. The van der Waals surface area contributed by atoms with Crippen LogP contribution in [0.15, 0.2) is 48.7 Å². The lowest BCUT2D eigenvalue weighted by Gasteiger charge is -2.40. The monoisotopic (exact) mass is 446 g/mol. The Bertz CT molecular complexity index is 1040. The SMILES string of the molecule is NCCc1ccc(Cc2cn([C@@H]3O[C@H](CO)[C@@H](O)[C@H](O)[C@H]3O)c3cc(Cl)ccc23)cc1. The molecule has 0 amide bonds. The highest BCUT2D eigenvalue weighted by Crippen LogP contribution is 2.35. The predicted octanol–water partition coefficient (Wildman–Crippen LogP) is 1.36. The molecule has 1 aromatic heterocycles. The van der Waals surface area contributed by atoms with E-state index in [0.717, 1.165) is 28.5 Å². The number of aliphatic hydroxyl groups excluding tert-OH is 4. The fourth-order valence-electron chi connectivity index (χ4n) is 4.17. The second-order valence-electron chi connectivity index (χ2n) is 7.97. The van der Waals surface area contributed by atoms with Gasteiger partial charge in [0.05, 0.1) is 12.1 Å². The van der Waals surface area contributed by atoms with Crippen molar-refractivity contribution >= 4 is 22.5 Å². The summed E-state index contributed by atoms with van der Waals surface area (Å²) in [7, 11) is 0. The van der Waals surface area contributed by atoms with Crippen LogP contribution in [-0.4, -0.2) is 62.6 Å².